The molecule has 0 atom stereocenters. The van der Waals surface area contributed by atoms with E-state index in [2.05, 4.69) is 10.5 Å². The average molecular weight is 414 g/mol. The Morgan fingerprint density at radius 3 is 2.56 bits per heavy atom. The van der Waals surface area contributed by atoms with Crippen molar-refractivity contribution in [3.63, 3.8) is 0 Å². The number of halogens is 2. The summed E-state index contributed by atoms with van der Waals surface area (Å²) in [4.78, 5) is 11.8. The first-order valence-electron chi connectivity index (χ1n) is 7.61. The van der Waals surface area contributed by atoms with Gasteiger partial charge in [0.2, 0.25) is 10.0 Å². The highest BCUT2D eigenvalue weighted by Crippen LogP contribution is 2.27. The van der Waals surface area contributed by atoms with E-state index in [4.69, 9.17) is 16.3 Å². The Balaban J connectivity index is 2.00. The Kier molecular flexibility index (Phi) is 6.89. The highest BCUT2D eigenvalue weighted by atomic mass is 35.5. The van der Waals surface area contributed by atoms with Crippen molar-refractivity contribution < 1.29 is 22.3 Å². The molecule has 2 aromatic carbocycles. The van der Waals surface area contributed by atoms with Crippen molar-refractivity contribution >= 4 is 33.7 Å². The topological polar surface area (TPSA) is 88.1 Å². The highest BCUT2D eigenvalue weighted by molar-refractivity contribution is 7.89. The van der Waals surface area contributed by atoms with Gasteiger partial charge in [0.1, 0.15) is 11.6 Å². The standard InChI is InChI=1S/C17H17ClFN3O4S/c1-22(27(24,25)14-7-8-16(26-2)15(18)9-14)11-17(23)21-20-10-12-3-5-13(19)6-4-12/h3-10H,11H2,1-2H3,(H,21,23). The summed E-state index contributed by atoms with van der Waals surface area (Å²) in [6, 6.07) is 9.48. The van der Waals surface area contributed by atoms with Gasteiger partial charge in [-0.15, -0.1) is 0 Å². The molecule has 10 heteroatoms. The molecule has 2 aromatic rings. The molecule has 0 spiro atoms. The molecule has 1 N–H and O–H groups in total. The second kappa shape index (κ2) is 8.94. The van der Waals surface area contributed by atoms with Gasteiger partial charge in [-0.1, -0.05) is 23.7 Å². The molecule has 2 rings (SSSR count). The minimum absolute atomic E-state index is 0.0709. The number of sulfonamides is 1. The van der Waals surface area contributed by atoms with Gasteiger partial charge in [0, 0.05) is 7.05 Å². The summed E-state index contributed by atoms with van der Waals surface area (Å²) >= 11 is 5.95. The number of carbonyl (C=O) groups excluding carboxylic acids is 1. The van der Waals surface area contributed by atoms with Gasteiger partial charge in [-0.25, -0.2) is 18.2 Å². The minimum Gasteiger partial charge on any atom is -0.495 e. The van der Waals surface area contributed by atoms with Crippen molar-refractivity contribution in [2.24, 2.45) is 5.10 Å². The van der Waals surface area contributed by atoms with Crippen LogP contribution in [0.15, 0.2) is 52.5 Å². The Hall–Kier alpha value is -2.49. The van der Waals surface area contributed by atoms with Gasteiger partial charge in [-0.05, 0) is 35.9 Å². The Bertz CT molecular complexity index is 949. The van der Waals surface area contributed by atoms with E-state index in [1.54, 1.807) is 0 Å². The number of ether oxygens (including phenoxy) is 1. The predicted molar refractivity (Wildman–Crippen MR) is 100.0 cm³/mol. The van der Waals surface area contributed by atoms with E-state index >= 15 is 0 Å². The molecular weight excluding hydrogens is 397 g/mol. The van der Waals surface area contributed by atoms with Crippen molar-refractivity contribution in [3.8, 4) is 5.75 Å². The van der Waals surface area contributed by atoms with Crippen LogP contribution >= 0.6 is 11.6 Å². The van der Waals surface area contributed by atoms with Gasteiger partial charge < -0.3 is 4.74 Å². The fraction of sp³-hybridized carbons (Fsp3) is 0.176. The first-order valence-corrected chi connectivity index (χ1v) is 9.43. The summed E-state index contributed by atoms with van der Waals surface area (Å²) < 4.78 is 43.7. The van der Waals surface area contributed by atoms with Gasteiger partial charge in [-0.3, -0.25) is 4.79 Å². The van der Waals surface area contributed by atoms with Crippen LogP contribution in [-0.2, 0) is 14.8 Å². The van der Waals surface area contributed by atoms with Crippen molar-refractivity contribution in [1.82, 2.24) is 9.73 Å². The number of carbonyl (C=O) groups is 1. The number of methoxy groups -OCH3 is 1. The molecule has 0 aromatic heterocycles. The maximum atomic E-state index is 12.8. The summed E-state index contributed by atoms with van der Waals surface area (Å²) in [6.07, 6.45) is 1.31. The van der Waals surface area contributed by atoms with Crippen LogP contribution in [-0.4, -0.2) is 45.5 Å². The third kappa shape index (κ3) is 5.49. The summed E-state index contributed by atoms with van der Waals surface area (Å²) in [5.74, 6) is -0.688. The fourth-order valence-corrected chi connectivity index (χ4v) is 3.51. The molecular formula is C17H17ClFN3O4S. The number of nitrogens with one attached hydrogen (secondary N) is 1. The van der Waals surface area contributed by atoms with E-state index in [0.29, 0.717) is 11.3 Å². The second-order valence-electron chi connectivity index (χ2n) is 5.40. The monoisotopic (exact) mass is 413 g/mol. The van der Waals surface area contributed by atoms with Crippen LogP contribution in [0.25, 0.3) is 0 Å². The lowest BCUT2D eigenvalue weighted by Crippen LogP contribution is -2.36. The van der Waals surface area contributed by atoms with E-state index in [0.717, 1.165) is 4.31 Å². The molecule has 0 bridgehead atoms. The van der Waals surface area contributed by atoms with Crippen LogP contribution in [0.2, 0.25) is 5.02 Å². The van der Waals surface area contributed by atoms with Crippen molar-refractivity contribution in [2.45, 2.75) is 4.90 Å². The van der Waals surface area contributed by atoms with E-state index < -0.39 is 22.5 Å². The van der Waals surface area contributed by atoms with Gasteiger partial charge >= 0.3 is 0 Å². The molecule has 0 aliphatic carbocycles. The third-order valence-corrected chi connectivity index (χ3v) is 5.57. The zero-order chi connectivity index (χ0) is 20.0. The quantitative estimate of drug-likeness (QED) is 0.557. The van der Waals surface area contributed by atoms with Crippen LogP contribution in [0.4, 0.5) is 4.39 Å². The fourth-order valence-electron chi connectivity index (χ4n) is 2.04. The maximum absolute atomic E-state index is 12.8. The third-order valence-electron chi connectivity index (χ3n) is 3.47. The molecule has 0 aliphatic heterocycles. The number of hydrogen-bond donors (Lipinski definition) is 1. The smallest absolute Gasteiger partial charge is 0.255 e. The molecule has 0 saturated heterocycles. The van der Waals surface area contributed by atoms with Gasteiger partial charge in [0.25, 0.3) is 5.91 Å². The molecule has 144 valence electrons. The van der Waals surface area contributed by atoms with E-state index in [1.165, 1.54) is 62.8 Å². The first-order chi connectivity index (χ1) is 12.7. The van der Waals surface area contributed by atoms with Gasteiger partial charge in [0.05, 0.1) is 29.8 Å². The van der Waals surface area contributed by atoms with Crippen molar-refractivity contribution in [1.29, 1.82) is 0 Å². The van der Waals surface area contributed by atoms with E-state index in [-0.39, 0.29) is 15.7 Å². The first kappa shape index (κ1) is 20.8. The second-order valence-corrected chi connectivity index (χ2v) is 7.85. The zero-order valence-electron chi connectivity index (χ0n) is 14.5. The minimum atomic E-state index is -3.92. The van der Waals surface area contributed by atoms with Crippen LogP contribution in [0.5, 0.6) is 5.75 Å². The molecule has 0 saturated carbocycles. The average Bonchev–Trinajstić information content (AvgIpc) is 2.63. The zero-order valence-corrected chi connectivity index (χ0v) is 16.1. The number of hydrazone groups is 1. The number of hydrogen-bond acceptors (Lipinski definition) is 5. The van der Waals surface area contributed by atoms with Crippen LogP contribution in [0, 0.1) is 5.82 Å². The van der Waals surface area contributed by atoms with Crippen molar-refractivity contribution in [2.75, 3.05) is 20.7 Å². The summed E-state index contributed by atoms with van der Waals surface area (Å²) in [5, 5.41) is 3.85. The number of rotatable bonds is 7. The lowest BCUT2D eigenvalue weighted by atomic mass is 10.2. The predicted octanol–water partition coefficient (Wildman–Crippen LogP) is 2.26. The molecule has 0 heterocycles. The SMILES string of the molecule is COc1ccc(S(=O)(=O)N(C)CC(=O)NN=Cc2ccc(F)cc2)cc1Cl. The number of likely N-dealkylation sites (N-methyl/N-ethyl adjacent to an activating group) is 1. The summed E-state index contributed by atoms with van der Waals surface area (Å²) in [6.45, 7) is -0.452. The molecule has 1 amide bonds. The molecule has 0 radical (unpaired) electrons. The van der Waals surface area contributed by atoms with Crippen LogP contribution in [0.1, 0.15) is 5.56 Å². The van der Waals surface area contributed by atoms with Crippen LogP contribution in [0.3, 0.4) is 0 Å². The lowest BCUT2D eigenvalue weighted by Gasteiger charge is -2.16. The van der Waals surface area contributed by atoms with Crippen LogP contribution < -0.4 is 10.2 Å². The lowest BCUT2D eigenvalue weighted by molar-refractivity contribution is -0.121. The highest BCUT2D eigenvalue weighted by Gasteiger charge is 2.23. The van der Waals surface area contributed by atoms with E-state index in [9.17, 15) is 17.6 Å². The largest absolute Gasteiger partial charge is 0.495 e. The summed E-state index contributed by atoms with van der Waals surface area (Å²) in [7, 11) is -1.25. The molecule has 0 fully saturated rings. The maximum Gasteiger partial charge on any atom is 0.255 e. The van der Waals surface area contributed by atoms with E-state index in [1.807, 2.05) is 0 Å². The normalized spacial score (nSPS) is 11.7. The Morgan fingerprint density at radius 2 is 1.96 bits per heavy atom. The molecule has 7 nitrogen and oxygen atoms in total. The number of nitrogens with zero attached hydrogens (tertiary/aromatic N) is 2. The van der Waals surface area contributed by atoms with Gasteiger partial charge in [0.15, 0.2) is 0 Å². The number of amides is 1. The molecule has 27 heavy (non-hydrogen) atoms. The number of benzene rings is 2. The summed E-state index contributed by atoms with van der Waals surface area (Å²) in [5.41, 5.74) is 2.79. The Labute approximate surface area is 161 Å². The molecule has 0 aliphatic rings. The molecule has 0 unspecified atom stereocenters. The van der Waals surface area contributed by atoms with Gasteiger partial charge in [-0.2, -0.15) is 9.41 Å². The van der Waals surface area contributed by atoms with Crippen molar-refractivity contribution in [3.05, 3.63) is 58.9 Å². The Morgan fingerprint density at radius 1 is 1.30 bits per heavy atom.